The third-order valence-electron chi connectivity index (χ3n) is 6.91. The van der Waals surface area contributed by atoms with E-state index in [0.717, 1.165) is 11.1 Å². The molecule has 0 saturated carbocycles. The molecule has 5 rings (SSSR count). The van der Waals surface area contributed by atoms with Crippen LogP contribution in [-0.4, -0.2) is 0 Å². The van der Waals surface area contributed by atoms with Gasteiger partial charge in [-0.2, -0.15) is 0 Å². The summed E-state index contributed by atoms with van der Waals surface area (Å²) >= 11 is 0. The van der Waals surface area contributed by atoms with E-state index < -0.39 is 0 Å². The van der Waals surface area contributed by atoms with Gasteiger partial charge in [-0.05, 0) is 81.6 Å². The predicted octanol–water partition coefficient (Wildman–Crippen LogP) is 14.2. The molecule has 0 amide bonds. The molecule has 0 atom stereocenters. The van der Waals surface area contributed by atoms with Crippen LogP contribution in [0, 0.1) is 20.8 Å². The Morgan fingerprint density at radius 2 is 0.814 bits per heavy atom. The van der Waals surface area contributed by atoms with Gasteiger partial charge >= 0.3 is 0 Å². The smallest absolute Gasteiger partial charge is 0.00266 e. The Balaban J connectivity index is 0.00000107. The molecule has 5 aromatic carbocycles. The van der Waals surface area contributed by atoms with E-state index in [4.69, 9.17) is 0 Å². The zero-order chi connectivity index (χ0) is 32.5. The van der Waals surface area contributed by atoms with Gasteiger partial charge < -0.3 is 0 Å². The minimum atomic E-state index is 1.12. The van der Waals surface area contributed by atoms with Gasteiger partial charge in [-0.15, -0.1) is 0 Å². The van der Waals surface area contributed by atoms with Gasteiger partial charge in [0.25, 0.3) is 0 Å². The molecule has 0 nitrogen and oxygen atoms in total. The maximum Gasteiger partial charge on any atom is -0.00266 e. The molecule has 0 aliphatic heterocycles. The summed E-state index contributed by atoms with van der Waals surface area (Å²) in [5.41, 5.74) is 13.4. The Morgan fingerprint density at radius 1 is 0.442 bits per heavy atom. The quantitative estimate of drug-likeness (QED) is 0.197. The fourth-order valence-corrected chi connectivity index (χ4v) is 5.20. The summed E-state index contributed by atoms with van der Waals surface area (Å²) in [5.74, 6) is 0. The van der Waals surface area contributed by atoms with E-state index in [1.165, 1.54) is 60.8 Å². The van der Waals surface area contributed by atoms with Crippen molar-refractivity contribution >= 4 is 22.9 Å². The van der Waals surface area contributed by atoms with Gasteiger partial charge in [0.15, 0.2) is 0 Å². The molecular formula is C43H54. The Bertz CT molecular complexity index is 1560. The molecule has 0 aromatic heterocycles. The molecule has 0 spiro atoms. The summed E-state index contributed by atoms with van der Waals surface area (Å²) in [4.78, 5) is 0. The Hall–Kier alpha value is -4.16. The summed E-state index contributed by atoms with van der Waals surface area (Å²) in [6, 6.07) is 33.0. The van der Waals surface area contributed by atoms with Crippen LogP contribution in [0.2, 0.25) is 0 Å². The molecule has 0 saturated heterocycles. The lowest BCUT2D eigenvalue weighted by Gasteiger charge is -2.20. The number of benzene rings is 5. The first kappa shape index (κ1) is 36.9. The second kappa shape index (κ2) is 19.1. The van der Waals surface area contributed by atoms with Crippen LogP contribution in [0.4, 0.5) is 0 Å². The van der Waals surface area contributed by atoms with Crippen LogP contribution in [0.5, 0.6) is 0 Å². The molecule has 0 radical (unpaired) electrons. The lowest BCUT2D eigenvalue weighted by molar-refractivity contribution is 1.38. The standard InChI is InChI=1S/C35H30.4C2H6/c1-6-29-30(7-2)35(28-19-17-26(18-20-28)31-21-14-24(4)22-25(31)5)33-11-9-8-10-32(33)34(29)27-15-12-23(3)13-16-27;4*1-2/h6-22H,1-2H2,3-5H3;4*1-2H3. The molecule has 0 aliphatic rings. The van der Waals surface area contributed by atoms with E-state index >= 15 is 0 Å². The first-order valence-corrected chi connectivity index (χ1v) is 16.1. The SMILES string of the molecule is C=Cc1c(C=C)c(-c2ccc(-c3ccc(C)cc3C)cc2)c2ccccc2c1-c1ccc(C)cc1.CC.CC.CC.CC. The number of hydrogen-bond acceptors (Lipinski definition) is 0. The van der Waals surface area contributed by atoms with Crippen LogP contribution in [0.1, 0.15) is 83.2 Å². The van der Waals surface area contributed by atoms with Crippen LogP contribution in [-0.2, 0) is 0 Å². The minimum absolute atomic E-state index is 1.12. The highest BCUT2D eigenvalue weighted by molar-refractivity contribution is 6.11. The van der Waals surface area contributed by atoms with Crippen molar-refractivity contribution in [3.63, 3.8) is 0 Å². The minimum Gasteiger partial charge on any atom is -0.0984 e. The van der Waals surface area contributed by atoms with Crippen molar-refractivity contribution in [2.24, 2.45) is 0 Å². The van der Waals surface area contributed by atoms with Gasteiger partial charge in [0.05, 0.1) is 0 Å². The topological polar surface area (TPSA) is 0 Å². The molecule has 0 unspecified atom stereocenters. The van der Waals surface area contributed by atoms with Gasteiger partial charge in [0.1, 0.15) is 0 Å². The first-order valence-electron chi connectivity index (χ1n) is 16.1. The summed E-state index contributed by atoms with van der Waals surface area (Å²) in [6.45, 7) is 30.9. The van der Waals surface area contributed by atoms with Crippen LogP contribution >= 0.6 is 0 Å². The Labute approximate surface area is 263 Å². The molecule has 0 heterocycles. The van der Waals surface area contributed by atoms with Crippen molar-refractivity contribution in [1.29, 1.82) is 0 Å². The molecule has 226 valence electrons. The summed E-state index contributed by atoms with van der Waals surface area (Å²) < 4.78 is 0. The van der Waals surface area contributed by atoms with E-state index in [9.17, 15) is 0 Å². The lowest BCUT2D eigenvalue weighted by atomic mass is 9.83. The largest absolute Gasteiger partial charge is 0.0984 e. The van der Waals surface area contributed by atoms with Crippen molar-refractivity contribution < 1.29 is 0 Å². The third-order valence-corrected chi connectivity index (χ3v) is 6.91. The highest BCUT2D eigenvalue weighted by Gasteiger charge is 2.18. The first-order chi connectivity index (χ1) is 21.0. The average molecular weight is 571 g/mol. The second-order valence-electron chi connectivity index (χ2n) is 9.29. The zero-order valence-electron chi connectivity index (χ0n) is 28.7. The van der Waals surface area contributed by atoms with E-state index in [0.29, 0.717) is 0 Å². The van der Waals surface area contributed by atoms with Gasteiger partial charge in [-0.1, -0.05) is 183 Å². The molecular weight excluding hydrogens is 516 g/mol. The Morgan fingerprint density at radius 3 is 1.21 bits per heavy atom. The summed E-state index contributed by atoms with van der Waals surface area (Å²) in [7, 11) is 0. The van der Waals surface area contributed by atoms with Gasteiger partial charge in [0, 0.05) is 0 Å². The van der Waals surface area contributed by atoms with Crippen molar-refractivity contribution in [2.75, 3.05) is 0 Å². The number of aryl methyl sites for hydroxylation is 3. The predicted molar refractivity (Wildman–Crippen MR) is 200 cm³/mol. The molecule has 43 heavy (non-hydrogen) atoms. The van der Waals surface area contributed by atoms with Crippen LogP contribution in [0.25, 0.3) is 56.3 Å². The number of rotatable bonds is 5. The highest BCUT2D eigenvalue weighted by Crippen LogP contribution is 2.43. The van der Waals surface area contributed by atoms with Crippen LogP contribution in [0.3, 0.4) is 0 Å². The van der Waals surface area contributed by atoms with Gasteiger partial charge in [0.2, 0.25) is 0 Å². The van der Waals surface area contributed by atoms with Crippen molar-refractivity contribution in [3.8, 4) is 33.4 Å². The molecule has 0 bridgehead atoms. The maximum atomic E-state index is 4.22. The maximum absolute atomic E-state index is 4.22. The zero-order valence-corrected chi connectivity index (χ0v) is 28.7. The Kier molecular flexibility index (Phi) is 16.4. The molecule has 0 heteroatoms. The normalized spacial score (nSPS) is 9.47. The van der Waals surface area contributed by atoms with Crippen LogP contribution in [0.15, 0.2) is 104 Å². The van der Waals surface area contributed by atoms with Crippen molar-refractivity contribution in [3.05, 3.63) is 132 Å². The average Bonchev–Trinajstić information content (AvgIpc) is 3.08. The summed E-state index contributed by atoms with van der Waals surface area (Å²) in [5, 5.41) is 2.45. The fourth-order valence-electron chi connectivity index (χ4n) is 5.20. The van der Waals surface area contributed by atoms with E-state index in [1.54, 1.807) is 0 Å². The lowest BCUT2D eigenvalue weighted by Crippen LogP contribution is -1.96. The second-order valence-corrected chi connectivity index (χ2v) is 9.29. The number of hydrogen-bond donors (Lipinski definition) is 0. The molecule has 0 aliphatic carbocycles. The van der Waals surface area contributed by atoms with Gasteiger partial charge in [-0.25, -0.2) is 0 Å². The van der Waals surface area contributed by atoms with Crippen LogP contribution < -0.4 is 0 Å². The van der Waals surface area contributed by atoms with Gasteiger partial charge in [-0.3, -0.25) is 0 Å². The molecule has 0 N–H and O–H groups in total. The van der Waals surface area contributed by atoms with Crippen molar-refractivity contribution in [1.82, 2.24) is 0 Å². The highest BCUT2D eigenvalue weighted by atomic mass is 14.2. The fraction of sp³-hybridized carbons (Fsp3) is 0.256. The number of fused-ring (bicyclic) bond motifs is 1. The van der Waals surface area contributed by atoms with E-state index in [1.807, 2.05) is 67.5 Å². The van der Waals surface area contributed by atoms with Crippen molar-refractivity contribution in [2.45, 2.75) is 76.2 Å². The van der Waals surface area contributed by atoms with E-state index in [2.05, 4.69) is 125 Å². The molecule has 0 fully saturated rings. The summed E-state index contributed by atoms with van der Waals surface area (Å²) in [6.07, 6.45) is 3.96. The third kappa shape index (κ3) is 8.45. The van der Waals surface area contributed by atoms with E-state index in [-0.39, 0.29) is 0 Å². The monoisotopic (exact) mass is 570 g/mol. The molecule has 5 aromatic rings.